The van der Waals surface area contributed by atoms with Crippen LogP contribution in [0.2, 0.25) is 0 Å². The molecule has 0 amide bonds. The van der Waals surface area contributed by atoms with E-state index in [0.29, 0.717) is 10.8 Å². The lowest BCUT2D eigenvalue weighted by Crippen LogP contribution is -2.07. The second-order valence-corrected chi connectivity index (χ2v) is 7.48. The largest absolute Gasteiger partial charge is 0.224 e. The van der Waals surface area contributed by atoms with Crippen molar-refractivity contribution in [2.24, 2.45) is 5.92 Å². The van der Waals surface area contributed by atoms with Crippen molar-refractivity contribution in [3.05, 3.63) is 29.8 Å². The monoisotopic (exact) mass is 274 g/mol. The van der Waals surface area contributed by atoms with Crippen LogP contribution in [0.3, 0.4) is 0 Å². The van der Waals surface area contributed by atoms with Crippen molar-refractivity contribution in [1.29, 1.82) is 0 Å². The van der Waals surface area contributed by atoms with Crippen LogP contribution in [0.4, 0.5) is 0 Å². The van der Waals surface area contributed by atoms with Gasteiger partial charge in [-0.3, -0.25) is 0 Å². The standard InChI is InChI=1S/C13H19ClO2S/c1-10(2)8-12(14)9-11-4-6-13(7-5-11)17(3,15)16/h4-7,10,12H,8-9H2,1-3H3. The van der Waals surface area contributed by atoms with E-state index < -0.39 is 9.84 Å². The molecular weight excluding hydrogens is 256 g/mol. The molecule has 0 aliphatic carbocycles. The number of sulfone groups is 1. The lowest BCUT2D eigenvalue weighted by atomic mass is 10.0. The first kappa shape index (κ1) is 14.5. The molecule has 1 atom stereocenters. The third-order valence-corrected chi connectivity index (χ3v) is 4.00. The first-order valence-corrected chi connectivity index (χ1v) is 8.05. The Morgan fingerprint density at radius 3 is 2.12 bits per heavy atom. The fraction of sp³-hybridized carbons (Fsp3) is 0.538. The van der Waals surface area contributed by atoms with Crippen LogP contribution >= 0.6 is 11.6 Å². The van der Waals surface area contributed by atoms with Gasteiger partial charge in [-0.25, -0.2) is 8.42 Å². The maximum Gasteiger partial charge on any atom is 0.175 e. The summed E-state index contributed by atoms with van der Waals surface area (Å²) in [5, 5.41) is 0.110. The zero-order valence-electron chi connectivity index (χ0n) is 10.5. The molecule has 0 aromatic heterocycles. The van der Waals surface area contributed by atoms with E-state index in [9.17, 15) is 8.42 Å². The normalized spacial score (nSPS) is 13.9. The van der Waals surface area contributed by atoms with E-state index >= 15 is 0 Å². The summed E-state index contributed by atoms with van der Waals surface area (Å²) in [7, 11) is -3.10. The number of alkyl halides is 1. The fourth-order valence-corrected chi connectivity index (χ4v) is 2.89. The summed E-state index contributed by atoms with van der Waals surface area (Å²) in [6.07, 6.45) is 2.96. The maximum absolute atomic E-state index is 11.3. The summed E-state index contributed by atoms with van der Waals surface area (Å²) < 4.78 is 22.6. The quantitative estimate of drug-likeness (QED) is 0.772. The molecule has 0 fully saturated rings. The summed E-state index contributed by atoms with van der Waals surface area (Å²) in [6, 6.07) is 6.96. The molecule has 1 aromatic carbocycles. The molecule has 0 saturated heterocycles. The Morgan fingerprint density at radius 1 is 1.18 bits per heavy atom. The average Bonchev–Trinajstić information content (AvgIpc) is 2.15. The van der Waals surface area contributed by atoms with Gasteiger partial charge in [-0.15, -0.1) is 11.6 Å². The van der Waals surface area contributed by atoms with Gasteiger partial charge in [0.15, 0.2) is 9.84 Å². The van der Waals surface area contributed by atoms with Gasteiger partial charge in [0.1, 0.15) is 0 Å². The molecule has 0 bridgehead atoms. The number of benzene rings is 1. The molecule has 0 aliphatic heterocycles. The van der Waals surface area contributed by atoms with E-state index in [1.54, 1.807) is 12.1 Å². The second kappa shape index (κ2) is 5.87. The highest BCUT2D eigenvalue weighted by Crippen LogP contribution is 2.17. The van der Waals surface area contributed by atoms with Gasteiger partial charge in [0.05, 0.1) is 4.90 Å². The SMILES string of the molecule is CC(C)CC(Cl)Cc1ccc(S(C)(=O)=O)cc1. The third kappa shape index (κ3) is 5.09. The zero-order chi connectivity index (χ0) is 13.1. The summed E-state index contributed by atoms with van der Waals surface area (Å²) >= 11 is 6.22. The average molecular weight is 275 g/mol. The van der Waals surface area contributed by atoms with Crippen LogP contribution in [0.25, 0.3) is 0 Å². The topological polar surface area (TPSA) is 34.1 Å². The molecule has 0 radical (unpaired) electrons. The smallest absolute Gasteiger partial charge is 0.175 e. The van der Waals surface area contributed by atoms with Gasteiger partial charge < -0.3 is 0 Å². The minimum Gasteiger partial charge on any atom is -0.224 e. The van der Waals surface area contributed by atoms with Crippen LogP contribution in [0.1, 0.15) is 25.8 Å². The van der Waals surface area contributed by atoms with Crippen molar-refractivity contribution >= 4 is 21.4 Å². The predicted octanol–water partition coefficient (Wildman–Crippen LogP) is 3.29. The highest BCUT2D eigenvalue weighted by Gasteiger charge is 2.10. The van der Waals surface area contributed by atoms with Gasteiger partial charge in [-0.1, -0.05) is 26.0 Å². The summed E-state index contributed by atoms with van der Waals surface area (Å²) in [5.74, 6) is 0.577. The molecule has 4 heteroatoms. The maximum atomic E-state index is 11.3. The van der Waals surface area contributed by atoms with Crippen molar-refractivity contribution in [1.82, 2.24) is 0 Å². The number of hydrogen-bond donors (Lipinski definition) is 0. The van der Waals surface area contributed by atoms with Crippen molar-refractivity contribution in [3.8, 4) is 0 Å². The summed E-state index contributed by atoms with van der Waals surface area (Å²) in [4.78, 5) is 0.358. The van der Waals surface area contributed by atoms with Crippen molar-refractivity contribution in [3.63, 3.8) is 0 Å². The van der Waals surface area contributed by atoms with Crippen LogP contribution in [0.15, 0.2) is 29.2 Å². The Balaban J connectivity index is 2.69. The molecule has 96 valence electrons. The second-order valence-electron chi connectivity index (χ2n) is 4.85. The molecule has 0 heterocycles. The Labute approximate surface area is 109 Å². The van der Waals surface area contributed by atoms with Gasteiger partial charge in [0.2, 0.25) is 0 Å². The lowest BCUT2D eigenvalue weighted by molar-refractivity contribution is 0.561. The Morgan fingerprint density at radius 2 is 1.71 bits per heavy atom. The van der Waals surface area contributed by atoms with Crippen LogP contribution in [-0.2, 0) is 16.3 Å². The molecule has 0 spiro atoms. The lowest BCUT2D eigenvalue weighted by Gasteiger charge is -2.12. The Bertz CT molecular complexity index is 449. The Hall–Kier alpha value is -0.540. The van der Waals surface area contributed by atoms with Crippen LogP contribution in [0.5, 0.6) is 0 Å². The van der Waals surface area contributed by atoms with E-state index in [0.717, 1.165) is 18.4 Å². The van der Waals surface area contributed by atoms with Crippen LogP contribution in [-0.4, -0.2) is 20.1 Å². The van der Waals surface area contributed by atoms with Crippen molar-refractivity contribution < 1.29 is 8.42 Å². The number of hydrogen-bond acceptors (Lipinski definition) is 2. The summed E-state index contributed by atoms with van der Waals surface area (Å²) in [6.45, 7) is 4.28. The molecule has 1 rings (SSSR count). The van der Waals surface area contributed by atoms with Crippen molar-refractivity contribution in [2.45, 2.75) is 37.0 Å². The predicted molar refractivity (Wildman–Crippen MR) is 72.4 cm³/mol. The van der Waals surface area contributed by atoms with Gasteiger partial charge in [-0.05, 0) is 36.5 Å². The first-order chi connectivity index (χ1) is 7.79. The molecular formula is C13H19ClO2S. The van der Waals surface area contributed by atoms with Crippen LogP contribution < -0.4 is 0 Å². The molecule has 1 aromatic rings. The number of halogens is 1. The van der Waals surface area contributed by atoms with E-state index in [4.69, 9.17) is 11.6 Å². The molecule has 0 N–H and O–H groups in total. The third-order valence-electron chi connectivity index (χ3n) is 2.54. The van der Waals surface area contributed by atoms with Crippen LogP contribution in [0, 0.1) is 5.92 Å². The van der Waals surface area contributed by atoms with E-state index in [-0.39, 0.29) is 5.38 Å². The van der Waals surface area contributed by atoms with E-state index in [1.807, 2.05) is 12.1 Å². The first-order valence-electron chi connectivity index (χ1n) is 5.72. The summed E-state index contributed by atoms with van der Waals surface area (Å²) in [5.41, 5.74) is 1.08. The highest BCUT2D eigenvalue weighted by atomic mass is 35.5. The molecule has 1 unspecified atom stereocenters. The zero-order valence-corrected chi connectivity index (χ0v) is 12.1. The molecule has 0 saturated carbocycles. The van der Waals surface area contributed by atoms with E-state index in [2.05, 4.69) is 13.8 Å². The fourth-order valence-electron chi connectivity index (χ4n) is 1.72. The van der Waals surface area contributed by atoms with Gasteiger partial charge in [0.25, 0.3) is 0 Å². The van der Waals surface area contributed by atoms with Crippen molar-refractivity contribution in [2.75, 3.05) is 6.26 Å². The highest BCUT2D eigenvalue weighted by molar-refractivity contribution is 7.90. The van der Waals surface area contributed by atoms with Gasteiger partial charge >= 0.3 is 0 Å². The molecule has 17 heavy (non-hydrogen) atoms. The molecule has 2 nitrogen and oxygen atoms in total. The minimum atomic E-state index is -3.10. The van der Waals surface area contributed by atoms with Gasteiger partial charge in [0, 0.05) is 11.6 Å². The van der Waals surface area contributed by atoms with Gasteiger partial charge in [-0.2, -0.15) is 0 Å². The Kier molecular flexibility index (Phi) is 5.02. The van der Waals surface area contributed by atoms with E-state index in [1.165, 1.54) is 6.26 Å². The molecule has 0 aliphatic rings. The number of rotatable bonds is 5. The minimum absolute atomic E-state index is 0.110.